The molecular formula is C21H31N3O. The molecule has 0 saturated carbocycles. The highest BCUT2D eigenvalue weighted by Crippen LogP contribution is 2.09. The molecule has 3 rings (SSSR count). The van der Waals surface area contributed by atoms with Gasteiger partial charge in [0.2, 0.25) is 0 Å². The van der Waals surface area contributed by atoms with Crippen molar-refractivity contribution in [2.75, 3.05) is 39.3 Å². The molecular weight excluding hydrogens is 310 g/mol. The predicted octanol–water partition coefficient (Wildman–Crippen LogP) is 3.28. The van der Waals surface area contributed by atoms with Crippen LogP contribution in [-0.2, 0) is 13.1 Å². The fourth-order valence-corrected chi connectivity index (χ4v) is 3.39. The number of hydrogen-bond acceptors (Lipinski definition) is 4. The molecule has 4 nitrogen and oxygen atoms in total. The van der Waals surface area contributed by atoms with Crippen LogP contribution in [0.25, 0.3) is 0 Å². The van der Waals surface area contributed by atoms with E-state index in [0.29, 0.717) is 0 Å². The SMILES string of the molecule is Cc1ccc(CNCCCCN2CCN(Cc3ccccc3)CC2)o1. The van der Waals surface area contributed by atoms with Crippen LogP contribution in [0.3, 0.4) is 0 Å². The van der Waals surface area contributed by atoms with E-state index < -0.39 is 0 Å². The summed E-state index contributed by atoms with van der Waals surface area (Å²) in [5.41, 5.74) is 1.42. The van der Waals surface area contributed by atoms with Gasteiger partial charge in [-0.15, -0.1) is 0 Å². The summed E-state index contributed by atoms with van der Waals surface area (Å²) in [5, 5.41) is 3.47. The van der Waals surface area contributed by atoms with Crippen LogP contribution in [0.2, 0.25) is 0 Å². The Bertz CT molecular complexity index is 603. The van der Waals surface area contributed by atoms with Crippen molar-refractivity contribution in [1.29, 1.82) is 0 Å². The van der Waals surface area contributed by atoms with Gasteiger partial charge >= 0.3 is 0 Å². The standard InChI is InChI=1S/C21H31N3O/c1-19-9-10-21(25-19)17-22-11-5-6-12-23-13-15-24(16-14-23)18-20-7-3-2-4-8-20/h2-4,7-10,22H,5-6,11-18H2,1H3. The molecule has 0 unspecified atom stereocenters. The lowest BCUT2D eigenvalue weighted by atomic mass is 10.2. The first-order chi connectivity index (χ1) is 12.3. The van der Waals surface area contributed by atoms with E-state index in [1.807, 2.05) is 13.0 Å². The molecule has 1 aliphatic rings. The number of unbranched alkanes of at least 4 members (excludes halogenated alkanes) is 1. The number of rotatable bonds is 9. The second kappa shape index (κ2) is 9.76. The van der Waals surface area contributed by atoms with Gasteiger partial charge in [0.25, 0.3) is 0 Å². The number of hydrogen-bond donors (Lipinski definition) is 1. The van der Waals surface area contributed by atoms with E-state index in [9.17, 15) is 0 Å². The van der Waals surface area contributed by atoms with Gasteiger partial charge in [0.1, 0.15) is 11.5 Å². The maximum Gasteiger partial charge on any atom is 0.117 e. The number of nitrogens with one attached hydrogen (secondary N) is 1. The molecule has 136 valence electrons. The van der Waals surface area contributed by atoms with Gasteiger partial charge < -0.3 is 14.6 Å². The van der Waals surface area contributed by atoms with Gasteiger partial charge in [-0.3, -0.25) is 4.90 Å². The van der Waals surface area contributed by atoms with Crippen LogP contribution >= 0.6 is 0 Å². The number of aryl methyl sites for hydroxylation is 1. The topological polar surface area (TPSA) is 31.6 Å². The molecule has 0 amide bonds. The number of benzene rings is 1. The summed E-state index contributed by atoms with van der Waals surface area (Å²) < 4.78 is 5.56. The Morgan fingerprint density at radius 3 is 2.40 bits per heavy atom. The molecule has 0 atom stereocenters. The number of piperazine rings is 1. The van der Waals surface area contributed by atoms with Crippen LogP contribution in [0.15, 0.2) is 46.9 Å². The van der Waals surface area contributed by atoms with Crippen LogP contribution in [0.1, 0.15) is 29.9 Å². The van der Waals surface area contributed by atoms with E-state index in [0.717, 1.165) is 31.2 Å². The van der Waals surface area contributed by atoms with Gasteiger partial charge in [-0.2, -0.15) is 0 Å². The Labute approximate surface area is 151 Å². The largest absolute Gasteiger partial charge is 0.465 e. The molecule has 2 heterocycles. The van der Waals surface area contributed by atoms with Crippen LogP contribution in [0.5, 0.6) is 0 Å². The zero-order chi connectivity index (χ0) is 17.3. The summed E-state index contributed by atoms with van der Waals surface area (Å²) in [7, 11) is 0. The summed E-state index contributed by atoms with van der Waals surface area (Å²) in [4.78, 5) is 5.18. The zero-order valence-electron chi connectivity index (χ0n) is 15.4. The Morgan fingerprint density at radius 1 is 0.920 bits per heavy atom. The second-order valence-electron chi connectivity index (χ2n) is 7.00. The van der Waals surface area contributed by atoms with E-state index in [2.05, 4.69) is 51.5 Å². The molecule has 1 aromatic heterocycles. The lowest BCUT2D eigenvalue weighted by Crippen LogP contribution is -2.46. The van der Waals surface area contributed by atoms with Gasteiger partial charge in [-0.25, -0.2) is 0 Å². The minimum atomic E-state index is 0.839. The highest BCUT2D eigenvalue weighted by atomic mass is 16.3. The highest BCUT2D eigenvalue weighted by molar-refractivity contribution is 5.14. The van der Waals surface area contributed by atoms with Crippen LogP contribution < -0.4 is 5.32 Å². The second-order valence-corrected chi connectivity index (χ2v) is 7.00. The van der Waals surface area contributed by atoms with Crippen LogP contribution in [0.4, 0.5) is 0 Å². The number of furan rings is 1. The molecule has 2 aromatic rings. The average molecular weight is 341 g/mol. The van der Waals surface area contributed by atoms with Gasteiger partial charge in [0, 0.05) is 32.7 Å². The maximum absolute atomic E-state index is 5.56. The smallest absolute Gasteiger partial charge is 0.117 e. The number of nitrogens with zero attached hydrogens (tertiary/aromatic N) is 2. The van der Waals surface area contributed by atoms with Crippen molar-refractivity contribution in [2.45, 2.75) is 32.9 Å². The average Bonchev–Trinajstić information content (AvgIpc) is 3.05. The van der Waals surface area contributed by atoms with Crippen molar-refractivity contribution in [2.24, 2.45) is 0 Å². The third kappa shape index (κ3) is 6.31. The molecule has 25 heavy (non-hydrogen) atoms. The lowest BCUT2D eigenvalue weighted by Gasteiger charge is -2.34. The Balaban J connectivity index is 1.22. The molecule has 0 bridgehead atoms. The van der Waals surface area contributed by atoms with E-state index >= 15 is 0 Å². The van der Waals surface area contributed by atoms with Crippen molar-refractivity contribution < 1.29 is 4.42 Å². The van der Waals surface area contributed by atoms with E-state index in [-0.39, 0.29) is 0 Å². The van der Waals surface area contributed by atoms with Crippen molar-refractivity contribution in [1.82, 2.24) is 15.1 Å². The molecule has 1 aliphatic heterocycles. The van der Waals surface area contributed by atoms with Crippen molar-refractivity contribution in [3.05, 3.63) is 59.5 Å². The van der Waals surface area contributed by atoms with Gasteiger partial charge in [0.15, 0.2) is 0 Å². The van der Waals surface area contributed by atoms with Gasteiger partial charge in [-0.05, 0) is 50.6 Å². The third-order valence-electron chi connectivity index (χ3n) is 4.89. The summed E-state index contributed by atoms with van der Waals surface area (Å²) in [6.07, 6.45) is 2.49. The van der Waals surface area contributed by atoms with Gasteiger partial charge in [0.05, 0.1) is 6.54 Å². The predicted molar refractivity (Wildman–Crippen MR) is 103 cm³/mol. The molecule has 4 heteroatoms. The summed E-state index contributed by atoms with van der Waals surface area (Å²) >= 11 is 0. The molecule has 0 radical (unpaired) electrons. The minimum absolute atomic E-state index is 0.839. The first kappa shape index (κ1) is 18.2. The first-order valence-electron chi connectivity index (χ1n) is 9.54. The van der Waals surface area contributed by atoms with Crippen LogP contribution in [-0.4, -0.2) is 49.1 Å². The summed E-state index contributed by atoms with van der Waals surface area (Å²) in [5.74, 6) is 2.02. The minimum Gasteiger partial charge on any atom is -0.465 e. The van der Waals surface area contributed by atoms with Crippen LogP contribution in [0, 0.1) is 6.92 Å². The highest BCUT2D eigenvalue weighted by Gasteiger charge is 2.16. The molecule has 1 N–H and O–H groups in total. The van der Waals surface area contributed by atoms with E-state index in [4.69, 9.17) is 4.42 Å². The van der Waals surface area contributed by atoms with E-state index in [1.54, 1.807) is 0 Å². The molecule has 0 spiro atoms. The van der Waals surface area contributed by atoms with Crippen molar-refractivity contribution >= 4 is 0 Å². The lowest BCUT2D eigenvalue weighted by molar-refractivity contribution is 0.125. The van der Waals surface area contributed by atoms with Crippen molar-refractivity contribution in [3.63, 3.8) is 0 Å². The fourth-order valence-electron chi connectivity index (χ4n) is 3.39. The molecule has 1 fully saturated rings. The monoisotopic (exact) mass is 341 g/mol. The fraction of sp³-hybridized carbons (Fsp3) is 0.524. The van der Waals surface area contributed by atoms with Gasteiger partial charge in [-0.1, -0.05) is 30.3 Å². The van der Waals surface area contributed by atoms with E-state index in [1.165, 1.54) is 51.1 Å². The molecule has 1 saturated heterocycles. The quantitative estimate of drug-likeness (QED) is 0.710. The Kier molecular flexibility index (Phi) is 7.10. The zero-order valence-corrected chi connectivity index (χ0v) is 15.4. The third-order valence-corrected chi connectivity index (χ3v) is 4.89. The maximum atomic E-state index is 5.56. The Hall–Kier alpha value is -1.62. The summed E-state index contributed by atoms with van der Waals surface area (Å²) in [6, 6.07) is 14.9. The first-order valence-corrected chi connectivity index (χ1v) is 9.54. The summed E-state index contributed by atoms with van der Waals surface area (Å²) in [6.45, 7) is 11.0. The molecule has 0 aliphatic carbocycles. The Morgan fingerprint density at radius 2 is 1.68 bits per heavy atom. The van der Waals surface area contributed by atoms with Crippen molar-refractivity contribution in [3.8, 4) is 0 Å². The normalized spacial score (nSPS) is 16.4. The molecule has 1 aromatic carbocycles.